The molecule has 0 aliphatic carbocycles. The molecule has 27 heavy (non-hydrogen) atoms. The number of para-hydroxylation sites is 1. The summed E-state index contributed by atoms with van der Waals surface area (Å²) in [6, 6.07) is 5.01. The van der Waals surface area contributed by atoms with Gasteiger partial charge in [-0.3, -0.25) is 9.69 Å². The van der Waals surface area contributed by atoms with Crippen LogP contribution < -0.4 is 29.7 Å². The third-order valence-electron chi connectivity index (χ3n) is 3.15. The number of aryl methyl sites for hydroxylation is 2. The first kappa shape index (κ1) is 45.7. The van der Waals surface area contributed by atoms with E-state index in [-0.39, 0.29) is 99.5 Å². The Balaban J connectivity index is -0.000000114. The summed E-state index contributed by atoms with van der Waals surface area (Å²) in [5.74, 6) is -0.736. The second kappa shape index (κ2) is 22.5. The molecule has 0 N–H and O–H groups in total. The minimum absolute atomic E-state index is 0. The van der Waals surface area contributed by atoms with Crippen molar-refractivity contribution in [3.05, 3.63) is 29.3 Å². The molecule has 0 heterocycles. The molecule has 1 unspecified atom stereocenters. The summed E-state index contributed by atoms with van der Waals surface area (Å²) in [5, 5.41) is 0. The van der Waals surface area contributed by atoms with Gasteiger partial charge in [-0.2, -0.15) is 0 Å². The Hall–Kier alpha value is 0.178. The Morgan fingerprint density at radius 3 is 1.74 bits per heavy atom. The largest absolute Gasteiger partial charge is 2.00 e. The molecule has 1 aromatic carbocycles. The Morgan fingerprint density at radius 1 is 1.00 bits per heavy atom. The van der Waals surface area contributed by atoms with Gasteiger partial charge in [0, 0.05) is 7.11 Å². The van der Waals surface area contributed by atoms with Gasteiger partial charge in [-0.05, 0) is 31.9 Å². The van der Waals surface area contributed by atoms with E-state index in [2.05, 4.69) is 0 Å². The predicted molar refractivity (Wildman–Crippen MR) is 78.1 cm³/mol. The molecular weight excluding hydrogens is 552 g/mol. The van der Waals surface area contributed by atoms with Crippen LogP contribution in [0.5, 0.6) is 0 Å². The fourth-order valence-electron chi connectivity index (χ4n) is 2.19. The number of rotatable bonds is 5. The summed E-state index contributed by atoms with van der Waals surface area (Å²) < 4.78 is 9.65. The van der Waals surface area contributed by atoms with Crippen molar-refractivity contribution >= 4 is 17.6 Å². The molecule has 1 aromatic rings. The van der Waals surface area contributed by atoms with Gasteiger partial charge in [0.15, 0.2) is 0 Å². The Morgan fingerprint density at radius 2 is 1.41 bits per heavy atom. The van der Waals surface area contributed by atoms with Crippen LogP contribution in [0.25, 0.3) is 0 Å². The zero-order valence-corrected chi connectivity index (χ0v) is 19.4. The van der Waals surface area contributed by atoms with Crippen molar-refractivity contribution in [2.75, 3.05) is 25.7 Å². The fraction of sp³-hybridized carbons (Fsp3) is 0.467. The number of carbonyl (C=O) groups excluding carboxylic acids is 2. The minimum atomic E-state index is -0.706. The van der Waals surface area contributed by atoms with E-state index >= 15 is 0 Å². The van der Waals surface area contributed by atoms with Gasteiger partial charge in [0.1, 0.15) is 12.6 Å². The van der Waals surface area contributed by atoms with Crippen LogP contribution in [-0.2, 0) is 81.2 Å². The number of nitrogens with zero attached hydrogens (tertiary/aromatic N) is 1. The van der Waals surface area contributed by atoms with Crippen molar-refractivity contribution < 1.29 is 106 Å². The number of anilines is 1. The van der Waals surface area contributed by atoms with Gasteiger partial charge in [-0.15, -0.1) is 0 Å². The fourth-order valence-corrected chi connectivity index (χ4v) is 2.19. The minimum Gasteiger partial charge on any atom is -2.00 e. The third kappa shape index (κ3) is 12.4. The van der Waals surface area contributed by atoms with Gasteiger partial charge in [-0.25, -0.2) is 4.79 Å². The summed E-state index contributed by atoms with van der Waals surface area (Å²) in [4.78, 5) is 25.5. The first-order chi connectivity index (χ1) is 9.43. The number of benzene rings is 1. The molecule has 0 aliphatic heterocycles. The Kier molecular flexibility index (Phi) is 38.1. The van der Waals surface area contributed by atoms with Crippen molar-refractivity contribution in [2.45, 2.75) is 26.8 Å². The second-order valence-electron chi connectivity index (χ2n) is 4.64. The molecule has 7 nitrogen and oxygen atoms in total. The topological polar surface area (TPSA) is 113 Å². The molecule has 0 aliphatic rings. The standard InChI is InChI=1S/C15H21NO4.2ClH.3Cu.2O/c1-10-7-6-8-11(2)14(10)16(13(17)9-19-4)12(3)15(18)20-5;;;;;;;/h6-8,12H,9H2,1-5H3;2*1H;;;;;/q;;;3*+2;2*-2/p-2. The Labute approximate surface area is 204 Å². The quantitative estimate of drug-likeness (QED) is 0.262. The summed E-state index contributed by atoms with van der Waals surface area (Å²) in [6.45, 7) is 5.36. The number of halogens is 2. The average Bonchev–Trinajstić information content (AvgIpc) is 2.41. The van der Waals surface area contributed by atoms with E-state index in [1.807, 2.05) is 32.0 Å². The van der Waals surface area contributed by atoms with Crippen molar-refractivity contribution in [2.24, 2.45) is 0 Å². The molecule has 0 fully saturated rings. The van der Waals surface area contributed by atoms with Crippen LogP contribution in [0.15, 0.2) is 18.2 Å². The number of methoxy groups -OCH3 is 2. The molecule has 0 saturated carbocycles. The number of hydrogen-bond acceptors (Lipinski definition) is 4. The summed E-state index contributed by atoms with van der Waals surface area (Å²) in [5.41, 5.74) is 2.57. The van der Waals surface area contributed by atoms with Crippen LogP contribution >= 0.6 is 0 Å². The van der Waals surface area contributed by atoms with E-state index < -0.39 is 12.0 Å². The van der Waals surface area contributed by atoms with E-state index in [1.54, 1.807) is 6.92 Å². The summed E-state index contributed by atoms with van der Waals surface area (Å²) in [7, 11) is 2.76. The van der Waals surface area contributed by atoms with Gasteiger partial charge in [0.25, 0.3) is 5.91 Å². The number of esters is 1. The van der Waals surface area contributed by atoms with Gasteiger partial charge in [-0.1, -0.05) is 18.2 Å². The SMILES string of the molecule is COCC(=O)N(c1c(C)cccc1C)C(C)C(=O)OC.[Cl-].[Cl-].[Cu+2].[Cu+2].[Cu+2].[O-2].[O-2]. The molecule has 0 spiro atoms. The van der Waals surface area contributed by atoms with Crippen LogP contribution in [0.4, 0.5) is 5.69 Å². The predicted octanol–water partition coefficient (Wildman–Crippen LogP) is -4.39. The smallest absolute Gasteiger partial charge is 2.00 e. The van der Waals surface area contributed by atoms with Crippen LogP contribution in [-0.4, -0.2) is 38.7 Å². The summed E-state index contributed by atoms with van der Waals surface area (Å²) >= 11 is 0. The third-order valence-corrected chi connectivity index (χ3v) is 3.15. The summed E-state index contributed by atoms with van der Waals surface area (Å²) in [6.07, 6.45) is 0. The number of hydrogen-bond donors (Lipinski definition) is 0. The van der Waals surface area contributed by atoms with E-state index in [1.165, 1.54) is 19.1 Å². The van der Waals surface area contributed by atoms with Gasteiger partial charge >= 0.3 is 57.2 Å². The first-order valence-corrected chi connectivity index (χ1v) is 6.39. The van der Waals surface area contributed by atoms with Crippen LogP contribution in [0.3, 0.4) is 0 Å². The van der Waals surface area contributed by atoms with Gasteiger partial charge in [0.2, 0.25) is 0 Å². The van der Waals surface area contributed by atoms with Crippen molar-refractivity contribution in [3.8, 4) is 0 Å². The van der Waals surface area contributed by atoms with E-state index in [4.69, 9.17) is 9.47 Å². The zero-order valence-electron chi connectivity index (χ0n) is 15.1. The van der Waals surface area contributed by atoms with E-state index in [0.717, 1.165) is 16.8 Å². The van der Waals surface area contributed by atoms with E-state index in [0.29, 0.717) is 0 Å². The van der Waals surface area contributed by atoms with Crippen molar-refractivity contribution in [1.29, 1.82) is 0 Å². The first-order valence-electron chi connectivity index (χ1n) is 6.39. The second-order valence-corrected chi connectivity index (χ2v) is 4.64. The molecular formula is C15H21Cl2Cu3NO6. The van der Waals surface area contributed by atoms with Crippen LogP contribution in [0.2, 0.25) is 0 Å². The normalized spacial score (nSPS) is 8.78. The van der Waals surface area contributed by atoms with Crippen molar-refractivity contribution in [1.82, 2.24) is 0 Å². The molecule has 169 valence electrons. The van der Waals surface area contributed by atoms with Gasteiger partial charge < -0.3 is 45.2 Å². The molecule has 0 aromatic heterocycles. The number of carbonyl (C=O) groups is 2. The maximum Gasteiger partial charge on any atom is 2.00 e. The monoisotopic (exact) mass is 570 g/mol. The number of ether oxygens (including phenoxy) is 2. The molecule has 1 amide bonds. The van der Waals surface area contributed by atoms with Gasteiger partial charge in [0.05, 0.1) is 12.8 Å². The molecule has 3 radical (unpaired) electrons. The molecule has 12 heteroatoms. The maximum absolute atomic E-state index is 12.3. The number of amides is 1. The van der Waals surface area contributed by atoms with E-state index in [9.17, 15) is 9.59 Å². The van der Waals surface area contributed by atoms with Crippen LogP contribution in [0.1, 0.15) is 18.1 Å². The molecule has 0 saturated heterocycles. The van der Waals surface area contributed by atoms with Crippen molar-refractivity contribution in [3.63, 3.8) is 0 Å². The molecule has 1 rings (SSSR count). The Bertz CT molecular complexity index is 506. The maximum atomic E-state index is 12.3. The molecule has 0 bridgehead atoms. The van der Waals surface area contributed by atoms with Crippen LogP contribution in [0, 0.1) is 13.8 Å². The average molecular weight is 573 g/mol. The zero-order chi connectivity index (χ0) is 15.3. The molecule has 1 atom stereocenters.